The number of aromatic amines is 1. The third-order valence-corrected chi connectivity index (χ3v) is 5.07. The van der Waals surface area contributed by atoms with Gasteiger partial charge in [0, 0.05) is 7.11 Å². The molecule has 1 unspecified atom stereocenters. The minimum atomic E-state index is -0.213. The molecule has 0 bridgehead atoms. The standard InChI is InChI=1S/C19H23N5OS.CH4O/c1-4-6-8-12(7-5-2)11(3)21-18(25)16-15-13(23-24-16)9-10-14-17(15)26-19(20)22-14;1-2/h6-11H,4-5H2,1-3H3,(H2,20,22)(H,21,25)(H,23,24);2H,1H3/b8-6-,12-7+;. The quantitative estimate of drug-likeness (QED) is 0.469. The molecule has 0 spiro atoms. The van der Waals surface area contributed by atoms with E-state index >= 15 is 0 Å². The Morgan fingerprint density at radius 1 is 1.36 bits per heavy atom. The smallest absolute Gasteiger partial charge is 0.272 e. The summed E-state index contributed by atoms with van der Waals surface area (Å²) >= 11 is 1.37. The molecule has 150 valence electrons. The number of hydrogen-bond acceptors (Lipinski definition) is 6. The molecule has 1 amide bonds. The van der Waals surface area contributed by atoms with Crippen LogP contribution in [0.2, 0.25) is 0 Å². The fraction of sp³-hybridized carbons (Fsp3) is 0.350. The number of nitrogens with one attached hydrogen (secondary N) is 2. The van der Waals surface area contributed by atoms with Crippen LogP contribution in [0.3, 0.4) is 0 Å². The first-order valence-corrected chi connectivity index (χ1v) is 10.0. The largest absolute Gasteiger partial charge is 0.400 e. The van der Waals surface area contributed by atoms with E-state index in [1.165, 1.54) is 11.3 Å². The van der Waals surface area contributed by atoms with E-state index in [0.717, 1.165) is 46.6 Å². The molecule has 28 heavy (non-hydrogen) atoms. The van der Waals surface area contributed by atoms with Gasteiger partial charge < -0.3 is 16.2 Å². The SMILES string of the molecule is CC/C=C\C(=C/CC)C(C)NC(=O)c1n[nH]c2ccc3nc(N)sc3c12.CO. The summed E-state index contributed by atoms with van der Waals surface area (Å²) in [7, 11) is 1.00. The summed E-state index contributed by atoms with van der Waals surface area (Å²) in [6.45, 7) is 6.15. The van der Waals surface area contributed by atoms with Crippen molar-refractivity contribution < 1.29 is 9.90 Å². The van der Waals surface area contributed by atoms with Crippen molar-refractivity contribution in [2.45, 2.75) is 39.7 Å². The molecule has 0 aliphatic rings. The summed E-state index contributed by atoms with van der Waals surface area (Å²) in [5.74, 6) is -0.213. The molecule has 3 aromatic rings. The number of benzene rings is 1. The van der Waals surface area contributed by atoms with Gasteiger partial charge in [0.2, 0.25) is 0 Å². The molecule has 0 fully saturated rings. The minimum Gasteiger partial charge on any atom is -0.400 e. The van der Waals surface area contributed by atoms with Crippen molar-refractivity contribution in [2.75, 3.05) is 12.8 Å². The lowest BCUT2D eigenvalue weighted by molar-refractivity contribution is 0.0942. The molecule has 3 rings (SSSR count). The number of rotatable bonds is 6. The summed E-state index contributed by atoms with van der Waals surface area (Å²) < 4.78 is 0.877. The minimum absolute atomic E-state index is 0.109. The van der Waals surface area contributed by atoms with Crippen LogP contribution in [-0.2, 0) is 0 Å². The Hall–Kier alpha value is -2.71. The highest BCUT2D eigenvalue weighted by Crippen LogP contribution is 2.32. The molecule has 2 heterocycles. The number of carbonyl (C=O) groups is 1. The molecule has 8 heteroatoms. The van der Waals surface area contributed by atoms with Crippen LogP contribution in [0.5, 0.6) is 0 Å². The van der Waals surface area contributed by atoms with Gasteiger partial charge in [0.05, 0.1) is 27.2 Å². The molecule has 7 nitrogen and oxygen atoms in total. The fourth-order valence-corrected chi connectivity index (χ4v) is 3.78. The first-order valence-electron chi connectivity index (χ1n) is 9.20. The van der Waals surface area contributed by atoms with Gasteiger partial charge in [-0.15, -0.1) is 0 Å². The summed E-state index contributed by atoms with van der Waals surface area (Å²) in [5, 5.41) is 18.5. The molecule has 1 aromatic carbocycles. The number of thiazole rings is 1. The van der Waals surface area contributed by atoms with E-state index in [2.05, 4.69) is 52.6 Å². The number of carbonyl (C=O) groups excluding carboxylic acids is 1. The van der Waals surface area contributed by atoms with E-state index in [-0.39, 0.29) is 11.9 Å². The van der Waals surface area contributed by atoms with Crippen molar-refractivity contribution in [1.82, 2.24) is 20.5 Å². The third kappa shape index (κ3) is 4.58. The molecule has 0 aliphatic carbocycles. The highest BCUT2D eigenvalue weighted by atomic mass is 32.1. The van der Waals surface area contributed by atoms with Crippen LogP contribution in [0.25, 0.3) is 21.1 Å². The number of aliphatic hydroxyl groups excluding tert-OH is 1. The highest BCUT2D eigenvalue weighted by Gasteiger charge is 2.20. The zero-order valence-corrected chi connectivity index (χ0v) is 17.4. The number of aliphatic hydroxyl groups is 1. The number of nitrogen functional groups attached to an aromatic ring is 1. The number of hydrogen-bond donors (Lipinski definition) is 4. The number of nitrogens with zero attached hydrogens (tertiary/aromatic N) is 2. The van der Waals surface area contributed by atoms with Gasteiger partial charge in [-0.1, -0.05) is 43.4 Å². The summed E-state index contributed by atoms with van der Waals surface area (Å²) in [5.41, 5.74) is 8.88. The van der Waals surface area contributed by atoms with E-state index < -0.39 is 0 Å². The predicted molar refractivity (Wildman–Crippen MR) is 117 cm³/mol. The van der Waals surface area contributed by atoms with Gasteiger partial charge in [-0.25, -0.2) is 4.98 Å². The predicted octanol–water partition coefficient (Wildman–Crippen LogP) is 3.78. The number of H-pyrrole nitrogens is 1. The summed E-state index contributed by atoms with van der Waals surface area (Å²) in [6, 6.07) is 3.64. The molecular formula is C20H27N5O2S. The molecular weight excluding hydrogens is 374 g/mol. The molecule has 5 N–H and O–H groups in total. The van der Waals surface area contributed by atoms with E-state index in [9.17, 15) is 4.79 Å². The second-order valence-electron chi connectivity index (χ2n) is 6.08. The van der Waals surface area contributed by atoms with Crippen LogP contribution in [0, 0.1) is 0 Å². The van der Waals surface area contributed by atoms with Crippen LogP contribution in [0.1, 0.15) is 44.1 Å². The normalized spacial score (nSPS) is 13.0. The van der Waals surface area contributed by atoms with Gasteiger partial charge in [0.1, 0.15) is 0 Å². The first-order chi connectivity index (χ1) is 13.5. The monoisotopic (exact) mass is 401 g/mol. The van der Waals surface area contributed by atoms with Crippen LogP contribution in [-0.4, -0.2) is 39.3 Å². The zero-order valence-electron chi connectivity index (χ0n) is 16.6. The van der Waals surface area contributed by atoms with Gasteiger partial charge in [-0.05, 0) is 37.5 Å². The van der Waals surface area contributed by atoms with Crippen molar-refractivity contribution in [3.63, 3.8) is 0 Å². The second-order valence-corrected chi connectivity index (χ2v) is 7.11. The van der Waals surface area contributed by atoms with Gasteiger partial charge >= 0.3 is 0 Å². The van der Waals surface area contributed by atoms with Gasteiger partial charge in [0.25, 0.3) is 5.91 Å². The van der Waals surface area contributed by atoms with Gasteiger partial charge in [-0.2, -0.15) is 5.10 Å². The van der Waals surface area contributed by atoms with Crippen molar-refractivity contribution in [2.24, 2.45) is 0 Å². The van der Waals surface area contributed by atoms with Crippen LogP contribution >= 0.6 is 11.3 Å². The molecule has 0 radical (unpaired) electrons. The Balaban J connectivity index is 0.00000136. The summed E-state index contributed by atoms with van der Waals surface area (Å²) in [4.78, 5) is 17.2. The third-order valence-electron chi connectivity index (χ3n) is 4.15. The van der Waals surface area contributed by atoms with E-state index in [1.54, 1.807) is 0 Å². The maximum Gasteiger partial charge on any atom is 0.272 e. The fourth-order valence-electron chi connectivity index (χ4n) is 2.90. The van der Waals surface area contributed by atoms with Crippen LogP contribution in [0.4, 0.5) is 5.13 Å². The maximum absolute atomic E-state index is 12.9. The number of anilines is 1. The van der Waals surface area contributed by atoms with Crippen molar-refractivity contribution in [1.29, 1.82) is 0 Å². The lowest BCUT2D eigenvalue weighted by Gasteiger charge is -2.15. The lowest BCUT2D eigenvalue weighted by atomic mass is 10.1. The Kier molecular flexibility index (Phi) is 7.71. The molecule has 1 atom stereocenters. The number of aromatic nitrogens is 3. The van der Waals surface area contributed by atoms with Gasteiger partial charge in [0.15, 0.2) is 10.8 Å². The lowest BCUT2D eigenvalue weighted by Crippen LogP contribution is -2.34. The van der Waals surface area contributed by atoms with Crippen LogP contribution in [0.15, 0.2) is 35.9 Å². The van der Waals surface area contributed by atoms with Gasteiger partial charge in [-0.3, -0.25) is 9.89 Å². The van der Waals surface area contributed by atoms with E-state index in [1.807, 2.05) is 19.1 Å². The maximum atomic E-state index is 12.9. The highest BCUT2D eigenvalue weighted by molar-refractivity contribution is 7.23. The number of nitrogens with two attached hydrogens (primary N) is 1. The average Bonchev–Trinajstić information content (AvgIpc) is 3.28. The van der Waals surface area contributed by atoms with Crippen molar-refractivity contribution in [3.8, 4) is 0 Å². The molecule has 2 aromatic heterocycles. The Labute approximate surface area is 168 Å². The van der Waals surface area contributed by atoms with E-state index in [0.29, 0.717) is 10.8 Å². The second kappa shape index (κ2) is 10.0. The van der Waals surface area contributed by atoms with Crippen molar-refractivity contribution >= 4 is 43.5 Å². The molecule has 0 aliphatic heterocycles. The van der Waals surface area contributed by atoms with Crippen LogP contribution < -0.4 is 11.1 Å². The first kappa shape index (κ1) is 21.6. The Morgan fingerprint density at radius 3 is 2.79 bits per heavy atom. The Bertz CT molecular complexity index is 1000. The van der Waals surface area contributed by atoms with E-state index in [4.69, 9.17) is 10.8 Å². The number of allylic oxidation sites excluding steroid dienone is 2. The number of amides is 1. The zero-order chi connectivity index (χ0) is 20.7. The summed E-state index contributed by atoms with van der Waals surface area (Å²) in [6.07, 6.45) is 8.16. The molecule has 0 saturated heterocycles. The topological polar surface area (TPSA) is 117 Å². The Morgan fingerprint density at radius 2 is 2.11 bits per heavy atom. The number of fused-ring (bicyclic) bond motifs is 3. The van der Waals surface area contributed by atoms with Crippen molar-refractivity contribution in [3.05, 3.63) is 41.6 Å². The average molecular weight is 402 g/mol. The molecule has 0 saturated carbocycles.